The molecule has 4 heteroatoms. The fraction of sp³-hybridized carbons (Fsp3) is 0.188. The van der Waals surface area contributed by atoms with E-state index in [1.807, 2.05) is 37.3 Å². The molecule has 1 unspecified atom stereocenters. The van der Waals surface area contributed by atoms with Crippen molar-refractivity contribution in [3.8, 4) is 0 Å². The molecule has 0 bridgehead atoms. The van der Waals surface area contributed by atoms with Crippen LogP contribution in [0.2, 0.25) is 5.02 Å². The molecule has 1 N–H and O–H groups in total. The quantitative estimate of drug-likeness (QED) is 0.909. The molecule has 20 heavy (non-hydrogen) atoms. The highest BCUT2D eigenvalue weighted by Crippen LogP contribution is 2.20. The van der Waals surface area contributed by atoms with E-state index in [1.54, 1.807) is 6.07 Å². The van der Waals surface area contributed by atoms with Crippen molar-refractivity contribution in [2.45, 2.75) is 19.4 Å². The number of rotatable bonds is 4. The fourth-order valence-corrected chi connectivity index (χ4v) is 2.21. The second-order valence-corrected chi connectivity index (χ2v) is 4.98. The van der Waals surface area contributed by atoms with Gasteiger partial charge >= 0.3 is 0 Å². The van der Waals surface area contributed by atoms with Crippen molar-refractivity contribution in [3.05, 3.63) is 70.5 Å². The molecule has 1 atom stereocenters. The molecule has 1 amide bonds. The molecule has 0 heterocycles. The Morgan fingerprint density at radius 3 is 2.55 bits per heavy atom. The smallest absolute Gasteiger partial charge is 0.225 e. The van der Waals surface area contributed by atoms with Gasteiger partial charge in [-0.05, 0) is 24.6 Å². The van der Waals surface area contributed by atoms with Crippen LogP contribution in [0.5, 0.6) is 0 Å². The largest absolute Gasteiger partial charge is 0.349 e. The van der Waals surface area contributed by atoms with Crippen LogP contribution in [-0.4, -0.2) is 5.91 Å². The van der Waals surface area contributed by atoms with Crippen LogP contribution in [-0.2, 0) is 11.2 Å². The highest BCUT2D eigenvalue weighted by atomic mass is 35.5. The van der Waals surface area contributed by atoms with Crippen LogP contribution in [0.1, 0.15) is 24.1 Å². The second kappa shape index (κ2) is 6.53. The Bertz CT molecular complexity index is 580. The molecule has 0 saturated heterocycles. The van der Waals surface area contributed by atoms with Gasteiger partial charge < -0.3 is 5.32 Å². The van der Waals surface area contributed by atoms with Gasteiger partial charge in [0.05, 0.1) is 12.5 Å². The summed E-state index contributed by atoms with van der Waals surface area (Å²) < 4.78 is 13.6. The monoisotopic (exact) mass is 291 g/mol. The molecule has 0 spiro atoms. The third-order valence-corrected chi connectivity index (χ3v) is 3.43. The lowest BCUT2D eigenvalue weighted by Crippen LogP contribution is -2.28. The van der Waals surface area contributed by atoms with Gasteiger partial charge in [-0.25, -0.2) is 4.39 Å². The summed E-state index contributed by atoms with van der Waals surface area (Å²) in [7, 11) is 0. The Morgan fingerprint density at radius 1 is 1.20 bits per heavy atom. The summed E-state index contributed by atoms with van der Waals surface area (Å²) in [6, 6.07) is 13.9. The van der Waals surface area contributed by atoms with Gasteiger partial charge in [-0.1, -0.05) is 48.0 Å². The van der Waals surface area contributed by atoms with Gasteiger partial charge in [0.2, 0.25) is 5.91 Å². The van der Waals surface area contributed by atoms with E-state index in [0.717, 1.165) is 5.56 Å². The van der Waals surface area contributed by atoms with Gasteiger partial charge in [0.25, 0.3) is 0 Å². The summed E-state index contributed by atoms with van der Waals surface area (Å²) in [5, 5.41) is 3.11. The summed E-state index contributed by atoms with van der Waals surface area (Å²) in [4.78, 5) is 12.0. The molecule has 2 rings (SSSR count). The maximum absolute atomic E-state index is 13.6. The predicted octanol–water partition coefficient (Wildman–Crippen LogP) is 3.90. The normalized spacial score (nSPS) is 11.9. The van der Waals surface area contributed by atoms with Crippen molar-refractivity contribution in [1.29, 1.82) is 0 Å². The van der Waals surface area contributed by atoms with Crippen LogP contribution >= 0.6 is 11.6 Å². The zero-order valence-electron chi connectivity index (χ0n) is 11.1. The van der Waals surface area contributed by atoms with E-state index in [0.29, 0.717) is 0 Å². The lowest BCUT2D eigenvalue weighted by Gasteiger charge is -2.14. The Kier molecular flexibility index (Phi) is 4.74. The maximum Gasteiger partial charge on any atom is 0.225 e. The molecular formula is C16H15ClFNO. The number of hydrogen-bond donors (Lipinski definition) is 1. The highest BCUT2D eigenvalue weighted by Gasteiger charge is 2.14. The van der Waals surface area contributed by atoms with Gasteiger partial charge in [-0.3, -0.25) is 4.79 Å². The van der Waals surface area contributed by atoms with E-state index < -0.39 is 5.82 Å². The average Bonchev–Trinajstić information content (AvgIpc) is 2.44. The first-order chi connectivity index (χ1) is 9.58. The Morgan fingerprint density at radius 2 is 1.90 bits per heavy atom. The molecule has 2 aromatic carbocycles. The molecule has 0 fully saturated rings. The van der Waals surface area contributed by atoms with Crippen molar-refractivity contribution in [3.63, 3.8) is 0 Å². The number of halogens is 2. The van der Waals surface area contributed by atoms with Gasteiger partial charge in [-0.15, -0.1) is 0 Å². The summed E-state index contributed by atoms with van der Waals surface area (Å²) in [5.41, 5.74) is 1.23. The molecule has 0 aliphatic heterocycles. The number of benzene rings is 2. The molecule has 0 aliphatic carbocycles. The molecule has 104 valence electrons. The summed E-state index contributed by atoms with van der Waals surface area (Å²) in [6.45, 7) is 1.89. The van der Waals surface area contributed by atoms with Gasteiger partial charge in [0.15, 0.2) is 0 Å². The van der Waals surface area contributed by atoms with Crippen LogP contribution in [0.4, 0.5) is 4.39 Å². The van der Waals surface area contributed by atoms with Crippen molar-refractivity contribution >= 4 is 17.5 Å². The first-order valence-corrected chi connectivity index (χ1v) is 6.73. The SMILES string of the molecule is CC(NC(=O)Cc1c(F)cccc1Cl)c1ccccc1. The molecule has 2 nitrogen and oxygen atoms in total. The maximum atomic E-state index is 13.6. The average molecular weight is 292 g/mol. The molecule has 2 aromatic rings. The third-order valence-electron chi connectivity index (χ3n) is 3.08. The zero-order valence-corrected chi connectivity index (χ0v) is 11.8. The molecule has 0 saturated carbocycles. The number of carbonyl (C=O) groups is 1. The predicted molar refractivity (Wildman–Crippen MR) is 78.1 cm³/mol. The Labute approximate surface area is 122 Å². The lowest BCUT2D eigenvalue weighted by molar-refractivity contribution is -0.121. The van der Waals surface area contributed by atoms with Crippen LogP contribution in [0.25, 0.3) is 0 Å². The highest BCUT2D eigenvalue weighted by molar-refractivity contribution is 6.31. The molecule has 0 aromatic heterocycles. The van der Waals surface area contributed by atoms with E-state index >= 15 is 0 Å². The van der Waals surface area contributed by atoms with Crippen LogP contribution in [0.3, 0.4) is 0 Å². The summed E-state index contributed by atoms with van der Waals surface area (Å²) >= 11 is 5.91. The number of nitrogens with one attached hydrogen (secondary N) is 1. The number of carbonyl (C=O) groups excluding carboxylic acids is 1. The summed E-state index contributed by atoms with van der Waals surface area (Å²) in [6.07, 6.45) is -0.0668. The van der Waals surface area contributed by atoms with Crippen molar-refractivity contribution < 1.29 is 9.18 Å². The molecule has 0 radical (unpaired) electrons. The molecular weight excluding hydrogens is 277 g/mol. The summed E-state index contributed by atoms with van der Waals surface area (Å²) in [5.74, 6) is -0.714. The zero-order chi connectivity index (χ0) is 14.5. The van der Waals surface area contributed by atoms with Crippen LogP contribution in [0, 0.1) is 5.82 Å². The van der Waals surface area contributed by atoms with E-state index in [-0.39, 0.29) is 29.0 Å². The van der Waals surface area contributed by atoms with Crippen LogP contribution in [0.15, 0.2) is 48.5 Å². The first-order valence-electron chi connectivity index (χ1n) is 6.35. The van der Waals surface area contributed by atoms with E-state index in [2.05, 4.69) is 5.32 Å². The van der Waals surface area contributed by atoms with Gasteiger partial charge in [0, 0.05) is 10.6 Å². The van der Waals surface area contributed by atoms with E-state index in [4.69, 9.17) is 11.6 Å². The van der Waals surface area contributed by atoms with Crippen molar-refractivity contribution in [2.24, 2.45) is 0 Å². The van der Waals surface area contributed by atoms with Gasteiger partial charge in [0.1, 0.15) is 5.82 Å². The van der Waals surface area contributed by atoms with Gasteiger partial charge in [-0.2, -0.15) is 0 Å². The topological polar surface area (TPSA) is 29.1 Å². The standard InChI is InChI=1S/C16H15ClFNO/c1-11(12-6-3-2-4-7-12)19-16(20)10-13-14(17)8-5-9-15(13)18/h2-9,11H,10H2,1H3,(H,19,20). The van der Waals surface area contributed by atoms with E-state index in [9.17, 15) is 9.18 Å². The van der Waals surface area contributed by atoms with Crippen molar-refractivity contribution in [2.75, 3.05) is 0 Å². The second-order valence-electron chi connectivity index (χ2n) is 4.58. The Hall–Kier alpha value is -1.87. The fourth-order valence-electron chi connectivity index (χ4n) is 1.98. The number of hydrogen-bond acceptors (Lipinski definition) is 1. The minimum atomic E-state index is -0.458. The minimum Gasteiger partial charge on any atom is -0.349 e. The van der Waals surface area contributed by atoms with E-state index in [1.165, 1.54) is 12.1 Å². The first kappa shape index (κ1) is 14.5. The van der Waals surface area contributed by atoms with Crippen molar-refractivity contribution in [1.82, 2.24) is 5.32 Å². The Balaban J connectivity index is 2.03. The third kappa shape index (κ3) is 3.58. The number of amides is 1. The molecule has 0 aliphatic rings. The minimum absolute atomic E-state index is 0.0668. The lowest BCUT2D eigenvalue weighted by atomic mass is 10.1. The van der Waals surface area contributed by atoms with Crippen LogP contribution < -0.4 is 5.32 Å².